The van der Waals surface area contributed by atoms with Gasteiger partial charge in [-0.1, -0.05) is 6.92 Å². The second-order valence-corrected chi connectivity index (χ2v) is 7.72. The third-order valence-corrected chi connectivity index (χ3v) is 5.96. The molecule has 0 aliphatic carbocycles. The summed E-state index contributed by atoms with van der Waals surface area (Å²) in [5.41, 5.74) is 1.26. The first-order chi connectivity index (χ1) is 12.4. The van der Waals surface area contributed by atoms with E-state index >= 15 is 4.39 Å². The molecule has 0 spiro atoms. The maximum absolute atomic E-state index is 15.1. The number of aromatic carboxylic acids is 1. The molecular formula is C20H23FN2O3. The van der Waals surface area contributed by atoms with Gasteiger partial charge in [0.05, 0.1) is 11.2 Å². The smallest absolute Gasteiger partial charge is 0.341 e. The summed E-state index contributed by atoms with van der Waals surface area (Å²) in [4.78, 5) is 26.2. The molecule has 5 nitrogen and oxygen atoms in total. The maximum Gasteiger partial charge on any atom is 0.341 e. The van der Waals surface area contributed by atoms with Crippen LogP contribution in [0.4, 0.5) is 10.1 Å². The van der Waals surface area contributed by atoms with Crippen LogP contribution in [0.15, 0.2) is 17.1 Å². The first kappa shape index (κ1) is 17.1. The lowest BCUT2D eigenvalue weighted by atomic mass is 9.92. The molecule has 0 saturated carbocycles. The number of hydrogen-bond donors (Lipinski definition) is 1. The average Bonchev–Trinajstić information content (AvgIpc) is 2.60. The Hall–Kier alpha value is -2.37. The van der Waals surface area contributed by atoms with Crippen LogP contribution in [0.5, 0.6) is 0 Å². The Kier molecular flexibility index (Phi) is 4.01. The van der Waals surface area contributed by atoms with Crippen molar-refractivity contribution in [1.82, 2.24) is 4.57 Å². The van der Waals surface area contributed by atoms with E-state index in [4.69, 9.17) is 0 Å². The van der Waals surface area contributed by atoms with Gasteiger partial charge in [0.2, 0.25) is 5.43 Å². The van der Waals surface area contributed by atoms with Crippen LogP contribution in [0.2, 0.25) is 0 Å². The predicted octanol–water partition coefficient (Wildman–Crippen LogP) is 3.58. The van der Waals surface area contributed by atoms with E-state index in [9.17, 15) is 14.7 Å². The van der Waals surface area contributed by atoms with Crippen molar-refractivity contribution in [2.75, 3.05) is 18.0 Å². The highest BCUT2D eigenvalue weighted by Gasteiger charge is 2.29. The van der Waals surface area contributed by atoms with E-state index in [1.807, 2.05) is 11.5 Å². The Balaban J connectivity index is 2.00. The molecule has 26 heavy (non-hydrogen) atoms. The van der Waals surface area contributed by atoms with Gasteiger partial charge in [-0.3, -0.25) is 4.79 Å². The predicted molar refractivity (Wildman–Crippen MR) is 98.8 cm³/mol. The zero-order valence-corrected chi connectivity index (χ0v) is 15.1. The first-order valence-corrected chi connectivity index (χ1v) is 9.27. The van der Waals surface area contributed by atoms with Crippen molar-refractivity contribution in [2.45, 2.75) is 45.6 Å². The van der Waals surface area contributed by atoms with Crippen molar-refractivity contribution in [3.8, 4) is 0 Å². The van der Waals surface area contributed by atoms with Crippen molar-refractivity contribution in [3.63, 3.8) is 0 Å². The maximum atomic E-state index is 15.1. The number of aryl methyl sites for hydroxylation is 1. The van der Waals surface area contributed by atoms with E-state index in [-0.39, 0.29) is 17.0 Å². The fourth-order valence-electron chi connectivity index (χ4n) is 4.36. The lowest BCUT2D eigenvalue weighted by Crippen LogP contribution is -2.35. The van der Waals surface area contributed by atoms with Gasteiger partial charge < -0.3 is 14.6 Å². The van der Waals surface area contributed by atoms with Crippen LogP contribution in [0, 0.1) is 11.7 Å². The monoisotopic (exact) mass is 358 g/mol. The second-order valence-electron chi connectivity index (χ2n) is 7.72. The van der Waals surface area contributed by atoms with Crippen molar-refractivity contribution < 1.29 is 14.3 Å². The molecule has 4 rings (SSSR count). The standard InChI is InChI=1S/C20H23FN2O3/c1-11-5-7-22(8-6-11)18-13-4-3-12(2)23-10-15(20(25)26)19(24)14(17(13)23)9-16(18)21/h9-12H,3-8H2,1-2H3,(H,25,26). The summed E-state index contributed by atoms with van der Waals surface area (Å²) in [5, 5.41) is 9.53. The SMILES string of the molecule is CC1CCN(c2c(F)cc3c(=O)c(C(=O)O)cn4c3c2CCC4C)CC1. The van der Waals surface area contributed by atoms with Gasteiger partial charge in [0, 0.05) is 36.3 Å². The summed E-state index contributed by atoms with van der Waals surface area (Å²) in [6, 6.07) is 1.32. The van der Waals surface area contributed by atoms with Crippen molar-refractivity contribution in [1.29, 1.82) is 0 Å². The Morgan fingerprint density at radius 1 is 1.23 bits per heavy atom. The summed E-state index contributed by atoms with van der Waals surface area (Å²) >= 11 is 0. The molecule has 6 heteroatoms. The highest BCUT2D eigenvalue weighted by atomic mass is 19.1. The molecule has 2 aromatic rings. The molecule has 0 amide bonds. The van der Waals surface area contributed by atoms with Crippen LogP contribution in [0.3, 0.4) is 0 Å². The Morgan fingerprint density at radius 2 is 1.92 bits per heavy atom. The fourth-order valence-corrected chi connectivity index (χ4v) is 4.36. The van der Waals surface area contributed by atoms with Crippen LogP contribution < -0.4 is 10.3 Å². The Labute approximate surface area is 151 Å². The molecule has 1 fully saturated rings. The van der Waals surface area contributed by atoms with Crippen molar-refractivity contribution in [3.05, 3.63) is 39.4 Å². The zero-order chi connectivity index (χ0) is 18.6. The summed E-state index contributed by atoms with van der Waals surface area (Å²) in [5.74, 6) is -1.04. The summed E-state index contributed by atoms with van der Waals surface area (Å²) in [6.07, 6.45) is 4.98. The molecular weight excluding hydrogens is 335 g/mol. The van der Waals surface area contributed by atoms with E-state index in [2.05, 4.69) is 11.8 Å². The minimum Gasteiger partial charge on any atom is -0.477 e. The van der Waals surface area contributed by atoms with E-state index in [1.165, 1.54) is 12.3 Å². The number of carboxylic acid groups (broad SMARTS) is 1. The number of carboxylic acids is 1. The number of nitrogens with zero attached hydrogens (tertiary/aromatic N) is 2. The highest BCUT2D eigenvalue weighted by Crippen LogP contribution is 2.39. The van der Waals surface area contributed by atoms with Crippen LogP contribution in [0.1, 0.15) is 55.1 Å². The first-order valence-electron chi connectivity index (χ1n) is 9.27. The molecule has 138 valence electrons. The number of rotatable bonds is 2. The van der Waals surface area contributed by atoms with Gasteiger partial charge in [-0.15, -0.1) is 0 Å². The molecule has 0 radical (unpaired) electrons. The number of benzene rings is 1. The zero-order valence-electron chi connectivity index (χ0n) is 15.1. The minimum atomic E-state index is -1.27. The molecule has 1 aromatic carbocycles. The molecule has 3 heterocycles. The highest BCUT2D eigenvalue weighted by molar-refractivity contribution is 5.95. The van der Waals surface area contributed by atoms with Gasteiger partial charge >= 0.3 is 5.97 Å². The number of anilines is 1. The van der Waals surface area contributed by atoms with Crippen LogP contribution >= 0.6 is 0 Å². The summed E-state index contributed by atoms with van der Waals surface area (Å²) in [7, 11) is 0. The second kappa shape index (κ2) is 6.11. The van der Waals surface area contributed by atoms with E-state index in [1.54, 1.807) is 0 Å². The van der Waals surface area contributed by atoms with Crippen molar-refractivity contribution in [2.24, 2.45) is 5.92 Å². The molecule has 2 aliphatic rings. The van der Waals surface area contributed by atoms with Crippen LogP contribution in [-0.4, -0.2) is 28.7 Å². The number of halogens is 1. The van der Waals surface area contributed by atoms with Gasteiger partial charge in [-0.2, -0.15) is 0 Å². The van der Waals surface area contributed by atoms with Gasteiger partial charge in [0.25, 0.3) is 0 Å². The molecule has 1 saturated heterocycles. The number of aromatic nitrogens is 1. The number of piperidine rings is 1. The fraction of sp³-hybridized carbons (Fsp3) is 0.500. The molecule has 1 unspecified atom stereocenters. The lowest BCUT2D eigenvalue weighted by Gasteiger charge is -2.36. The molecule has 1 atom stereocenters. The Bertz CT molecular complexity index is 958. The molecule has 1 N–H and O–H groups in total. The molecule has 1 aromatic heterocycles. The summed E-state index contributed by atoms with van der Waals surface area (Å²) < 4.78 is 16.9. The minimum absolute atomic E-state index is 0.0726. The normalized spacial score (nSPS) is 20.6. The number of pyridine rings is 1. The van der Waals surface area contributed by atoms with Crippen LogP contribution in [0.25, 0.3) is 10.9 Å². The van der Waals surface area contributed by atoms with Gasteiger partial charge in [0.1, 0.15) is 11.4 Å². The number of carbonyl (C=O) groups is 1. The van der Waals surface area contributed by atoms with E-state index in [0.29, 0.717) is 23.5 Å². The van der Waals surface area contributed by atoms with E-state index < -0.39 is 17.2 Å². The average molecular weight is 358 g/mol. The molecule has 0 bridgehead atoms. The lowest BCUT2D eigenvalue weighted by molar-refractivity contribution is 0.0694. The third-order valence-electron chi connectivity index (χ3n) is 5.96. The van der Waals surface area contributed by atoms with Gasteiger partial charge in [-0.25, -0.2) is 9.18 Å². The van der Waals surface area contributed by atoms with Crippen molar-refractivity contribution >= 4 is 22.6 Å². The van der Waals surface area contributed by atoms with Gasteiger partial charge in [0.15, 0.2) is 0 Å². The van der Waals surface area contributed by atoms with Gasteiger partial charge in [-0.05, 0) is 44.6 Å². The quantitative estimate of drug-likeness (QED) is 0.891. The molecule has 2 aliphatic heterocycles. The van der Waals surface area contributed by atoms with Crippen LogP contribution in [-0.2, 0) is 6.42 Å². The topological polar surface area (TPSA) is 62.5 Å². The third kappa shape index (κ3) is 2.50. The largest absolute Gasteiger partial charge is 0.477 e. The van der Waals surface area contributed by atoms with E-state index in [0.717, 1.165) is 37.9 Å². The summed E-state index contributed by atoms with van der Waals surface area (Å²) in [6.45, 7) is 5.84. The Morgan fingerprint density at radius 3 is 2.58 bits per heavy atom. The number of hydrogen-bond acceptors (Lipinski definition) is 3.